The normalized spacial score (nSPS) is 11.2. The highest BCUT2D eigenvalue weighted by Gasteiger charge is 2.02. The molecule has 0 saturated heterocycles. The minimum Gasteiger partial charge on any atom is -0.138 e. The Kier molecular flexibility index (Phi) is 3.80. The van der Waals surface area contributed by atoms with Crippen molar-refractivity contribution in [2.45, 2.75) is 19.3 Å². The third-order valence-electron chi connectivity index (χ3n) is 3.74. The summed E-state index contributed by atoms with van der Waals surface area (Å²) in [5.41, 5.74) is 1.49. The number of hydrogen-bond acceptors (Lipinski definition) is 0. The van der Waals surface area contributed by atoms with Gasteiger partial charge >= 0.3 is 0 Å². The van der Waals surface area contributed by atoms with Gasteiger partial charge in [0.05, 0.1) is 0 Å². The van der Waals surface area contributed by atoms with Crippen LogP contribution in [0.2, 0.25) is 0 Å². The zero-order chi connectivity index (χ0) is 13.1. The van der Waals surface area contributed by atoms with Gasteiger partial charge in [-0.3, -0.25) is 0 Å². The van der Waals surface area contributed by atoms with Crippen LogP contribution in [-0.4, -0.2) is 6.16 Å². The highest BCUT2D eigenvalue weighted by atomic mass is 31.0. The van der Waals surface area contributed by atoms with Crippen molar-refractivity contribution in [3.63, 3.8) is 0 Å². The number of aryl methyl sites for hydroxylation is 1. The van der Waals surface area contributed by atoms with Gasteiger partial charge in [-0.05, 0) is 64.7 Å². The van der Waals surface area contributed by atoms with Crippen molar-refractivity contribution in [3.8, 4) is 0 Å². The molecule has 1 heteroatoms. The second kappa shape index (κ2) is 5.72. The van der Waals surface area contributed by atoms with Gasteiger partial charge in [0.1, 0.15) is 0 Å². The monoisotopic (exact) mass is 266 g/mol. The predicted molar refractivity (Wildman–Crippen MR) is 89.0 cm³/mol. The lowest BCUT2D eigenvalue weighted by atomic mass is 9.97. The Morgan fingerprint density at radius 3 is 2.26 bits per heavy atom. The van der Waals surface area contributed by atoms with Crippen LogP contribution in [0.25, 0.3) is 21.5 Å². The Hall–Kier alpha value is -1.39. The fourth-order valence-electron chi connectivity index (χ4n) is 2.71. The Balaban J connectivity index is 2.09. The first kappa shape index (κ1) is 12.6. The number of fused-ring (bicyclic) bond motifs is 2. The second-order valence-electron chi connectivity index (χ2n) is 5.08. The molecular formula is C18H19P. The van der Waals surface area contributed by atoms with E-state index in [1.165, 1.54) is 52.5 Å². The van der Waals surface area contributed by atoms with Gasteiger partial charge in [0.15, 0.2) is 0 Å². The number of benzene rings is 3. The second-order valence-corrected chi connectivity index (χ2v) is 5.66. The maximum absolute atomic E-state index is 2.81. The van der Waals surface area contributed by atoms with Crippen molar-refractivity contribution in [1.29, 1.82) is 0 Å². The van der Waals surface area contributed by atoms with E-state index in [4.69, 9.17) is 0 Å². The SMILES string of the molecule is PCCCCc1cccc2cc3ccccc3cc12. The van der Waals surface area contributed by atoms with E-state index in [0.29, 0.717) is 0 Å². The molecule has 0 aliphatic rings. The van der Waals surface area contributed by atoms with E-state index >= 15 is 0 Å². The average Bonchev–Trinajstić information content (AvgIpc) is 2.46. The molecule has 0 spiro atoms. The summed E-state index contributed by atoms with van der Waals surface area (Å²) in [5.74, 6) is 0. The fourth-order valence-corrected chi connectivity index (χ4v) is 3.00. The molecule has 0 fully saturated rings. The van der Waals surface area contributed by atoms with Crippen molar-refractivity contribution >= 4 is 30.8 Å². The summed E-state index contributed by atoms with van der Waals surface area (Å²) in [4.78, 5) is 0. The van der Waals surface area contributed by atoms with Crippen molar-refractivity contribution in [1.82, 2.24) is 0 Å². The van der Waals surface area contributed by atoms with Crippen molar-refractivity contribution in [3.05, 3.63) is 60.2 Å². The van der Waals surface area contributed by atoms with Crippen LogP contribution in [0.5, 0.6) is 0 Å². The third kappa shape index (κ3) is 2.65. The van der Waals surface area contributed by atoms with Crippen LogP contribution in [-0.2, 0) is 6.42 Å². The smallest absolute Gasteiger partial charge is 0.0146 e. The molecule has 3 rings (SSSR count). The van der Waals surface area contributed by atoms with Crippen LogP contribution in [0.15, 0.2) is 54.6 Å². The Labute approximate surface area is 117 Å². The molecule has 0 radical (unpaired) electrons. The van der Waals surface area contributed by atoms with Crippen LogP contribution in [0, 0.1) is 0 Å². The summed E-state index contributed by atoms with van der Waals surface area (Å²) in [5, 5.41) is 5.46. The van der Waals surface area contributed by atoms with Gasteiger partial charge in [0, 0.05) is 0 Å². The molecular weight excluding hydrogens is 247 g/mol. The Bertz CT molecular complexity index is 700. The molecule has 19 heavy (non-hydrogen) atoms. The first-order valence-electron chi connectivity index (χ1n) is 6.99. The lowest BCUT2D eigenvalue weighted by Gasteiger charge is -2.08. The molecule has 0 heterocycles. The van der Waals surface area contributed by atoms with Gasteiger partial charge < -0.3 is 0 Å². The summed E-state index contributed by atoms with van der Waals surface area (Å²) >= 11 is 0. The molecule has 96 valence electrons. The maximum atomic E-state index is 2.81. The highest BCUT2D eigenvalue weighted by Crippen LogP contribution is 2.26. The molecule has 0 aliphatic carbocycles. The topological polar surface area (TPSA) is 0 Å². The van der Waals surface area contributed by atoms with Crippen LogP contribution < -0.4 is 0 Å². The molecule has 0 aliphatic heterocycles. The van der Waals surface area contributed by atoms with Gasteiger partial charge in [-0.15, -0.1) is 9.24 Å². The van der Waals surface area contributed by atoms with Crippen LogP contribution >= 0.6 is 9.24 Å². The van der Waals surface area contributed by atoms with E-state index in [-0.39, 0.29) is 0 Å². The molecule has 1 atom stereocenters. The molecule has 0 bridgehead atoms. The zero-order valence-electron chi connectivity index (χ0n) is 11.1. The summed E-state index contributed by atoms with van der Waals surface area (Å²) < 4.78 is 0. The van der Waals surface area contributed by atoms with Crippen molar-refractivity contribution in [2.24, 2.45) is 0 Å². The van der Waals surface area contributed by atoms with E-state index in [2.05, 4.69) is 63.8 Å². The van der Waals surface area contributed by atoms with E-state index in [1.807, 2.05) is 0 Å². The maximum Gasteiger partial charge on any atom is -0.0146 e. The summed E-state index contributed by atoms with van der Waals surface area (Å²) in [6, 6.07) is 20.0. The molecule has 0 aromatic heterocycles. The van der Waals surface area contributed by atoms with Crippen molar-refractivity contribution in [2.75, 3.05) is 6.16 Å². The van der Waals surface area contributed by atoms with Crippen LogP contribution in [0.3, 0.4) is 0 Å². The average molecular weight is 266 g/mol. The van der Waals surface area contributed by atoms with E-state index in [0.717, 1.165) is 0 Å². The summed E-state index contributed by atoms with van der Waals surface area (Å²) in [6.45, 7) is 0. The number of rotatable bonds is 4. The van der Waals surface area contributed by atoms with Gasteiger partial charge in [0.25, 0.3) is 0 Å². The molecule has 1 unspecified atom stereocenters. The molecule has 0 amide bonds. The van der Waals surface area contributed by atoms with E-state index in [9.17, 15) is 0 Å². The molecule has 0 nitrogen and oxygen atoms in total. The zero-order valence-corrected chi connectivity index (χ0v) is 12.3. The lowest BCUT2D eigenvalue weighted by Crippen LogP contribution is -1.89. The molecule has 3 aromatic carbocycles. The van der Waals surface area contributed by atoms with E-state index < -0.39 is 0 Å². The first-order valence-corrected chi connectivity index (χ1v) is 7.80. The van der Waals surface area contributed by atoms with Crippen LogP contribution in [0.1, 0.15) is 18.4 Å². The number of hydrogen-bond donors (Lipinski definition) is 0. The van der Waals surface area contributed by atoms with Gasteiger partial charge in [-0.2, -0.15) is 0 Å². The summed E-state index contributed by atoms with van der Waals surface area (Å²) in [6.07, 6.45) is 4.95. The quantitative estimate of drug-likeness (QED) is 0.346. The van der Waals surface area contributed by atoms with Gasteiger partial charge in [-0.1, -0.05) is 42.5 Å². The fraction of sp³-hybridized carbons (Fsp3) is 0.222. The largest absolute Gasteiger partial charge is 0.138 e. The molecule has 0 N–H and O–H groups in total. The minimum atomic E-state index is 1.18. The first-order chi connectivity index (χ1) is 9.38. The van der Waals surface area contributed by atoms with Crippen LogP contribution in [0.4, 0.5) is 0 Å². The summed E-state index contributed by atoms with van der Waals surface area (Å²) in [7, 11) is 2.81. The Morgan fingerprint density at radius 1 is 0.737 bits per heavy atom. The van der Waals surface area contributed by atoms with E-state index in [1.54, 1.807) is 0 Å². The van der Waals surface area contributed by atoms with Gasteiger partial charge in [0.2, 0.25) is 0 Å². The Morgan fingerprint density at radius 2 is 1.47 bits per heavy atom. The number of unbranched alkanes of at least 4 members (excludes halogenated alkanes) is 1. The third-order valence-corrected chi connectivity index (χ3v) is 4.15. The van der Waals surface area contributed by atoms with Gasteiger partial charge in [-0.25, -0.2) is 0 Å². The highest BCUT2D eigenvalue weighted by molar-refractivity contribution is 7.16. The predicted octanol–water partition coefficient (Wildman–Crippen LogP) is 5.19. The lowest BCUT2D eigenvalue weighted by molar-refractivity contribution is 0.807. The minimum absolute atomic E-state index is 1.18. The molecule has 0 saturated carbocycles. The molecule has 3 aromatic rings. The van der Waals surface area contributed by atoms with Crippen molar-refractivity contribution < 1.29 is 0 Å². The standard InChI is InChI=1S/C18H19P/c19-11-4-3-6-14-9-5-10-17-12-15-7-1-2-8-16(15)13-18(14)17/h1-2,5,7-10,12-13H,3-4,6,11,19H2.